The summed E-state index contributed by atoms with van der Waals surface area (Å²) < 4.78 is 34.8. The number of amides is 1. The van der Waals surface area contributed by atoms with Gasteiger partial charge in [0.1, 0.15) is 16.3 Å². The fourth-order valence-electron chi connectivity index (χ4n) is 4.55. The van der Waals surface area contributed by atoms with E-state index in [0.29, 0.717) is 63.0 Å². The van der Waals surface area contributed by atoms with Crippen molar-refractivity contribution in [2.24, 2.45) is 11.3 Å². The van der Waals surface area contributed by atoms with E-state index < -0.39 is 10.0 Å². The molecular weight excluding hydrogens is 414 g/mol. The predicted molar refractivity (Wildman–Crippen MR) is 115 cm³/mol. The molecule has 5 rings (SSSR count). The van der Waals surface area contributed by atoms with E-state index in [1.165, 1.54) is 0 Å². The van der Waals surface area contributed by atoms with Gasteiger partial charge in [0.15, 0.2) is 0 Å². The molecule has 2 fully saturated rings. The normalized spacial score (nSPS) is 22.8. The summed E-state index contributed by atoms with van der Waals surface area (Å²) in [6, 6.07) is 12.3. The summed E-state index contributed by atoms with van der Waals surface area (Å²) in [4.78, 5) is 19.1. The van der Waals surface area contributed by atoms with E-state index in [1.54, 1.807) is 40.8 Å². The molecule has 1 aliphatic carbocycles. The molecule has 1 spiro atoms. The summed E-state index contributed by atoms with van der Waals surface area (Å²) in [5.41, 5.74) is 0.135. The van der Waals surface area contributed by atoms with Crippen LogP contribution in [-0.2, 0) is 10.0 Å². The predicted octanol–water partition coefficient (Wildman–Crippen LogP) is 2.80. The Morgan fingerprint density at radius 2 is 1.84 bits per heavy atom. The summed E-state index contributed by atoms with van der Waals surface area (Å²) >= 11 is 0. The van der Waals surface area contributed by atoms with Crippen LogP contribution in [0.5, 0.6) is 5.75 Å². The molecule has 0 atom stereocenters. The molecule has 0 unspecified atom stereocenters. The molecule has 1 aromatic carbocycles. The number of pyridine rings is 1. The highest BCUT2D eigenvalue weighted by atomic mass is 32.2. The summed E-state index contributed by atoms with van der Waals surface area (Å²) in [5, 5.41) is 0. The lowest BCUT2D eigenvalue weighted by atomic mass is 9.78. The van der Waals surface area contributed by atoms with Gasteiger partial charge in [0.25, 0.3) is 5.91 Å². The van der Waals surface area contributed by atoms with E-state index in [1.807, 2.05) is 17.0 Å². The molecule has 7 nitrogen and oxygen atoms in total. The van der Waals surface area contributed by atoms with Gasteiger partial charge in [-0.25, -0.2) is 8.42 Å². The first-order valence-electron chi connectivity index (χ1n) is 10.9. The van der Waals surface area contributed by atoms with Crippen LogP contribution in [0.25, 0.3) is 0 Å². The molecular formula is C23H27N3O4S. The van der Waals surface area contributed by atoms with Crippen LogP contribution in [-0.4, -0.2) is 61.3 Å². The second-order valence-electron chi connectivity index (χ2n) is 8.98. The van der Waals surface area contributed by atoms with Gasteiger partial charge >= 0.3 is 0 Å². The van der Waals surface area contributed by atoms with E-state index in [-0.39, 0.29) is 16.2 Å². The van der Waals surface area contributed by atoms with Gasteiger partial charge < -0.3 is 9.64 Å². The Balaban J connectivity index is 1.39. The number of carbonyl (C=O) groups excluding carboxylic acids is 1. The number of rotatable bonds is 3. The number of piperidine rings is 1. The van der Waals surface area contributed by atoms with E-state index in [9.17, 15) is 13.2 Å². The highest BCUT2D eigenvalue weighted by molar-refractivity contribution is 7.89. The van der Waals surface area contributed by atoms with Crippen molar-refractivity contribution in [1.29, 1.82) is 0 Å². The van der Waals surface area contributed by atoms with Crippen LogP contribution >= 0.6 is 0 Å². The lowest BCUT2D eigenvalue weighted by Crippen LogP contribution is -2.52. The Morgan fingerprint density at radius 3 is 2.55 bits per heavy atom. The zero-order valence-electron chi connectivity index (χ0n) is 17.4. The van der Waals surface area contributed by atoms with Crippen LogP contribution in [0.15, 0.2) is 53.6 Å². The van der Waals surface area contributed by atoms with Gasteiger partial charge in [-0.05, 0) is 55.9 Å². The third kappa shape index (κ3) is 4.06. The standard InChI is InChI=1S/C23H27N3O4S/c27-22(19-5-3-4-12-24-19)25-13-10-23(11-14-25)16-26(15-18-8-9-18)31(28,29)21-7-2-1-6-20(21)30-17-23/h1-7,12,18H,8-11,13-17H2. The Morgan fingerprint density at radius 1 is 1.10 bits per heavy atom. The van der Waals surface area contributed by atoms with Crippen LogP contribution in [0.2, 0.25) is 0 Å². The fraction of sp³-hybridized carbons (Fsp3) is 0.478. The zero-order valence-corrected chi connectivity index (χ0v) is 18.3. The van der Waals surface area contributed by atoms with Gasteiger partial charge in [-0.2, -0.15) is 4.31 Å². The summed E-state index contributed by atoms with van der Waals surface area (Å²) in [6.45, 7) is 2.59. The van der Waals surface area contributed by atoms with Gasteiger partial charge in [0.2, 0.25) is 10.0 Å². The van der Waals surface area contributed by atoms with Gasteiger partial charge in [0, 0.05) is 37.8 Å². The third-order valence-corrected chi connectivity index (χ3v) is 8.52. The number of hydrogen-bond acceptors (Lipinski definition) is 5. The number of para-hydroxylation sites is 1. The lowest BCUT2D eigenvalue weighted by Gasteiger charge is -2.45. The van der Waals surface area contributed by atoms with Gasteiger partial charge in [-0.1, -0.05) is 18.2 Å². The lowest BCUT2D eigenvalue weighted by molar-refractivity contribution is 0.0293. The Hall–Kier alpha value is -2.45. The minimum Gasteiger partial charge on any atom is -0.492 e. The molecule has 1 amide bonds. The molecule has 0 N–H and O–H groups in total. The van der Waals surface area contributed by atoms with Crippen molar-refractivity contribution >= 4 is 15.9 Å². The second-order valence-corrected chi connectivity index (χ2v) is 10.9. The Kier molecular flexibility index (Phi) is 5.22. The van der Waals surface area contributed by atoms with Crippen LogP contribution in [0.1, 0.15) is 36.2 Å². The first-order chi connectivity index (χ1) is 15.0. The number of benzene rings is 1. The molecule has 1 aromatic heterocycles. The molecule has 1 saturated heterocycles. The molecule has 8 heteroatoms. The van der Waals surface area contributed by atoms with Gasteiger partial charge in [-0.15, -0.1) is 0 Å². The highest BCUT2D eigenvalue weighted by Gasteiger charge is 2.44. The maximum atomic E-state index is 13.5. The van der Waals surface area contributed by atoms with Gasteiger partial charge in [0.05, 0.1) is 6.61 Å². The zero-order chi connectivity index (χ0) is 21.5. The van der Waals surface area contributed by atoms with Crippen molar-refractivity contribution in [3.63, 3.8) is 0 Å². The number of aromatic nitrogens is 1. The summed E-state index contributed by atoms with van der Waals surface area (Å²) in [5.74, 6) is 0.800. The van der Waals surface area contributed by atoms with Crippen molar-refractivity contribution in [3.8, 4) is 5.75 Å². The quantitative estimate of drug-likeness (QED) is 0.732. The minimum atomic E-state index is -3.63. The number of likely N-dealkylation sites (tertiary alicyclic amines) is 1. The largest absolute Gasteiger partial charge is 0.492 e. The van der Waals surface area contributed by atoms with Gasteiger partial charge in [-0.3, -0.25) is 9.78 Å². The molecule has 3 aliphatic rings. The third-order valence-electron chi connectivity index (χ3n) is 6.67. The number of ether oxygens (including phenoxy) is 1. The van der Waals surface area contributed by atoms with Crippen molar-refractivity contribution in [2.45, 2.75) is 30.6 Å². The van der Waals surface area contributed by atoms with Crippen LogP contribution in [0, 0.1) is 11.3 Å². The maximum absolute atomic E-state index is 13.5. The topological polar surface area (TPSA) is 79.8 Å². The summed E-state index contributed by atoms with van der Waals surface area (Å²) in [6.07, 6.45) is 5.20. The average Bonchev–Trinajstić information content (AvgIpc) is 3.62. The first-order valence-corrected chi connectivity index (χ1v) is 12.3. The van der Waals surface area contributed by atoms with E-state index in [4.69, 9.17) is 4.74 Å². The number of sulfonamides is 1. The average molecular weight is 442 g/mol. The summed E-state index contributed by atoms with van der Waals surface area (Å²) in [7, 11) is -3.63. The van der Waals surface area contributed by atoms with E-state index in [2.05, 4.69) is 4.98 Å². The molecule has 2 aliphatic heterocycles. The van der Waals surface area contributed by atoms with Crippen LogP contribution in [0.3, 0.4) is 0 Å². The number of hydrogen-bond donors (Lipinski definition) is 0. The van der Waals surface area contributed by atoms with E-state index in [0.717, 1.165) is 12.8 Å². The molecule has 3 heterocycles. The van der Waals surface area contributed by atoms with Crippen molar-refractivity contribution in [3.05, 3.63) is 54.4 Å². The number of carbonyl (C=O) groups is 1. The van der Waals surface area contributed by atoms with Crippen molar-refractivity contribution in [2.75, 3.05) is 32.8 Å². The van der Waals surface area contributed by atoms with Crippen molar-refractivity contribution < 1.29 is 17.9 Å². The smallest absolute Gasteiger partial charge is 0.272 e. The molecule has 31 heavy (non-hydrogen) atoms. The highest BCUT2D eigenvalue weighted by Crippen LogP contribution is 2.41. The SMILES string of the molecule is O=C(c1ccccn1)N1CCC2(CC1)COc1ccccc1S(=O)(=O)N(CC1CC1)C2. The molecule has 0 radical (unpaired) electrons. The van der Waals surface area contributed by atoms with E-state index >= 15 is 0 Å². The van der Waals surface area contributed by atoms with Crippen LogP contribution in [0.4, 0.5) is 0 Å². The molecule has 1 saturated carbocycles. The number of fused-ring (bicyclic) bond motifs is 1. The van der Waals surface area contributed by atoms with Crippen LogP contribution < -0.4 is 4.74 Å². The van der Waals surface area contributed by atoms with Crippen molar-refractivity contribution in [1.82, 2.24) is 14.2 Å². The fourth-order valence-corrected chi connectivity index (χ4v) is 6.31. The molecule has 164 valence electrons. The Labute approximate surface area is 183 Å². The minimum absolute atomic E-state index is 0.0741. The number of nitrogens with zero attached hydrogens (tertiary/aromatic N) is 3. The molecule has 2 aromatic rings. The first kappa shape index (κ1) is 20.5. The maximum Gasteiger partial charge on any atom is 0.272 e. The second kappa shape index (κ2) is 7.91. The monoisotopic (exact) mass is 441 g/mol. The Bertz CT molecular complexity index is 1060. The molecule has 0 bridgehead atoms.